The van der Waals surface area contributed by atoms with Crippen molar-refractivity contribution in [3.8, 4) is 22.4 Å². The van der Waals surface area contributed by atoms with Gasteiger partial charge in [-0.15, -0.1) is 0 Å². The van der Waals surface area contributed by atoms with Crippen molar-refractivity contribution in [2.45, 2.75) is 85.5 Å². The highest BCUT2D eigenvalue weighted by molar-refractivity contribution is 6.12. The molecule has 1 amide bonds. The molecule has 5 rings (SSSR count). The predicted octanol–water partition coefficient (Wildman–Crippen LogP) is 9.25. The predicted molar refractivity (Wildman–Crippen MR) is 187 cm³/mol. The van der Waals surface area contributed by atoms with Crippen LogP contribution in [0.2, 0.25) is 0 Å². The van der Waals surface area contributed by atoms with E-state index in [0.717, 1.165) is 40.2 Å². The van der Waals surface area contributed by atoms with Gasteiger partial charge in [-0.3, -0.25) is 9.59 Å². The van der Waals surface area contributed by atoms with Crippen molar-refractivity contribution < 1.29 is 24.2 Å². The molecule has 0 radical (unpaired) electrons. The molecule has 4 aromatic rings. The van der Waals surface area contributed by atoms with Crippen LogP contribution in [0.3, 0.4) is 0 Å². The Kier molecular flexibility index (Phi) is 10.4. The van der Waals surface area contributed by atoms with Gasteiger partial charge in [0.05, 0.1) is 29.9 Å². The molecular weight excluding hydrogens is 588 g/mol. The fourth-order valence-corrected chi connectivity index (χ4v) is 6.78. The topological polar surface area (TPSA) is 89.8 Å². The zero-order chi connectivity index (χ0) is 33.8. The first-order chi connectivity index (χ1) is 22.4. The van der Waals surface area contributed by atoms with Crippen LogP contribution in [0, 0.1) is 10.8 Å². The Hall–Kier alpha value is -4.20. The van der Waals surface area contributed by atoms with Crippen LogP contribution in [0.4, 0.5) is 5.69 Å². The van der Waals surface area contributed by atoms with Crippen LogP contribution < -0.4 is 5.32 Å². The third-order valence-corrected chi connectivity index (χ3v) is 10.2. The SMILES string of the molecule is CC(C)c1c(C(=O)Nc2ccccc2)c(-c2ccccc2)c(-c2ccccc2)n1CCC(C)(C)C(C)(C)[C@H]1C[C@H](CC(=O)O)OCO1. The minimum absolute atomic E-state index is 0.0337. The number of nitrogens with one attached hydrogen (secondary N) is 1. The zero-order valence-electron chi connectivity index (χ0n) is 28.5. The van der Waals surface area contributed by atoms with Gasteiger partial charge in [0.25, 0.3) is 5.91 Å². The summed E-state index contributed by atoms with van der Waals surface area (Å²) in [5, 5.41) is 12.6. The first kappa shape index (κ1) is 34.1. The van der Waals surface area contributed by atoms with Gasteiger partial charge in [0.1, 0.15) is 6.79 Å². The van der Waals surface area contributed by atoms with Crippen LogP contribution in [-0.4, -0.2) is 40.6 Å². The van der Waals surface area contributed by atoms with Crippen molar-refractivity contribution >= 4 is 17.6 Å². The molecule has 1 fully saturated rings. The number of carboxylic acid groups (broad SMARTS) is 1. The van der Waals surface area contributed by atoms with E-state index in [0.29, 0.717) is 18.5 Å². The number of ether oxygens (including phenoxy) is 2. The molecule has 47 heavy (non-hydrogen) atoms. The molecule has 0 saturated carbocycles. The minimum atomic E-state index is -0.865. The molecule has 7 nitrogen and oxygen atoms in total. The van der Waals surface area contributed by atoms with E-state index >= 15 is 0 Å². The molecule has 1 aliphatic heterocycles. The van der Waals surface area contributed by atoms with Gasteiger partial charge in [0, 0.05) is 29.9 Å². The molecule has 2 atom stereocenters. The van der Waals surface area contributed by atoms with E-state index in [1.54, 1.807) is 0 Å². The van der Waals surface area contributed by atoms with Crippen LogP contribution in [0.5, 0.6) is 0 Å². The third kappa shape index (κ3) is 7.37. The van der Waals surface area contributed by atoms with E-state index in [-0.39, 0.29) is 48.1 Å². The highest BCUT2D eigenvalue weighted by Gasteiger charge is 2.46. The Morgan fingerprint density at radius 1 is 0.872 bits per heavy atom. The first-order valence-electron chi connectivity index (χ1n) is 16.6. The lowest BCUT2D eigenvalue weighted by molar-refractivity contribution is -0.221. The van der Waals surface area contributed by atoms with Gasteiger partial charge in [-0.25, -0.2) is 0 Å². The summed E-state index contributed by atoms with van der Waals surface area (Å²) in [5.74, 6) is -0.941. The summed E-state index contributed by atoms with van der Waals surface area (Å²) in [4.78, 5) is 25.9. The van der Waals surface area contributed by atoms with E-state index in [4.69, 9.17) is 9.47 Å². The van der Waals surface area contributed by atoms with Gasteiger partial charge >= 0.3 is 5.97 Å². The lowest BCUT2D eigenvalue weighted by Crippen LogP contribution is -2.49. The monoisotopic (exact) mass is 636 g/mol. The van der Waals surface area contributed by atoms with Crippen LogP contribution >= 0.6 is 0 Å². The number of carbonyl (C=O) groups is 2. The molecule has 2 heterocycles. The second-order valence-electron chi connectivity index (χ2n) is 14.1. The van der Waals surface area contributed by atoms with Crippen LogP contribution in [-0.2, 0) is 20.8 Å². The number of hydrogen-bond donors (Lipinski definition) is 2. The van der Waals surface area contributed by atoms with Crippen LogP contribution in [0.15, 0.2) is 91.0 Å². The summed E-state index contributed by atoms with van der Waals surface area (Å²) in [5.41, 5.74) is 5.89. The molecule has 0 unspecified atom stereocenters. The Bertz CT molecular complexity index is 1660. The number of para-hydroxylation sites is 1. The number of carboxylic acids is 1. The molecule has 248 valence electrons. The Labute approximate surface area is 278 Å². The fraction of sp³-hybridized carbons (Fsp3) is 0.400. The maximum absolute atomic E-state index is 14.4. The van der Waals surface area contributed by atoms with Crippen molar-refractivity contribution in [1.29, 1.82) is 0 Å². The number of hydrogen-bond acceptors (Lipinski definition) is 4. The number of carbonyl (C=O) groups excluding carboxylic acids is 1. The Morgan fingerprint density at radius 2 is 1.45 bits per heavy atom. The smallest absolute Gasteiger partial charge is 0.305 e. The minimum Gasteiger partial charge on any atom is -0.481 e. The van der Waals surface area contributed by atoms with Crippen molar-refractivity contribution in [2.75, 3.05) is 12.1 Å². The quantitative estimate of drug-likeness (QED) is 0.162. The molecule has 0 aliphatic carbocycles. The Balaban J connectivity index is 1.62. The average molecular weight is 637 g/mol. The lowest BCUT2D eigenvalue weighted by atomic mass is 9.62. The highest BCUT2D eigenvalue weighted by atomic mass is 16.7. The molecule has 1 aliphatic rings. The van der Waals surface area contributed by atoms with E-state index < -0.39 is 5.97 Å². The molecule has 7 heteroatoms. The number of aliphatic carboxylic acids is 1. The van der Waals surface area contributed by atoms with Crippen molar-refractivity contribution in [2.24, 2.45) is 10.8 Å². The molecular formula is C40H48N2O5. The number of aromatic nitrogens is 1. The zero-order valence-corrected chi connectivity index (χ0v) is 28.5. The summed E-state index contributed by atoms with van der Waals surface area (Å²) < 4.78 is 14.2. The molecule has 1 aromatic heterocycles. The van der Waals surface area contributed by atoms with Gasteiger partial charge in [0.2, 0.25) is 0 Å². The largest absolute Gasteiger partial charge is 0.481 e. The van der Waals surface area contributed by atoms with Crippen LogP contribution in [0.1, 0.15) is 82.8 Å². The molecule has 3 aromatic carbocycles. The maximum atomic E-state index is 14.4. The van der Waals surface area contributed by atoms with Crippen molar-refractivity contribution in [1.82, 2.24) is 4.57 Å². The van der Waals surface area contributed by atoms with E-state index in [1.807, 2.05) is 66.7 Å². The van der Waals surface area contributed by atoms with E-state index in [1.165, 1.54) is 0 Å². The summed E-state index contributed by atoms with van der Waals surface area (Å²) in [7, 11) is 0. The average Bonchev–Trinajstić information content (AvgIpc) is 3.40. The first-order valence-corrected chi connectivity index (χ1v) is 16.6. The van der Waals surface area contributed by atoms with E-state index in [2.05, 4.69) is 75.7 Å². The second kappa shape index (κ2) is 14.3. The summed E-state index contributed by atoms with van der Waals surface area (Å²) >= 11 is 0. The summed E-state index contributed by atoms with van der Waals surface area (Å²) in [6, 6.07) is 30.2. The van der Waals surface area contributed by atoms with E-state index in [9.17, 15) is 14.7 Å². The van der Waals surface area contributed by atoms with Gasteiger partial charge < -0.3 is 24.5 Å². The van der Waals surface area contributed by atoms with Crippen molar-refractivity contribution in [3.63, 3.8) is 0 Å². The van der Waals surface area contributed by atoms with Crippen LogP contribution in [0.25, 0.3) is 22.4 Å². The van der Waals surface area contributed by atoms with Gasteiger partial charge in [0.15, 0.2) is 0 Å². The van der Waals surface area contributed by atoms with Gasteiger partial charge in [-0.2, -0.15) is 0 Å². The maximum Gasteiger partial charge on any atom is 0.305 e. The lowest BCUT2D eigenvalue weighted by Gasteiger charge is -2.49. The van der Waals surface area contributed by atoms with Gasteiger partial charge in [-0.05, 0) is 46.4 Å². The number of anilines is 1. The molecule has 0 spiro atoms. The van der Waals surface area contributed by atoms with Gasteiger partial charge in [-0.1, -0.05) is 120 Å². The molecule has 2 N–H and O–H groups in total. The standard InChI is InChI=1S/C40H48N2O5/c1-27(2)36-35(38(45)41-30-20-14-9-15-21-30)34(28-16-10-7-11-17-28)37(29-18-12-8-13-19-29)42(36)23-22-39(3,4)40(5,6)32-24-31(25-33(43)44)46-26-47-32/h7-21,27,31-32H,22-26H2,1-6H3,(H,41,45)(H,43,44)/t31-,32-/m1/s1. The molecule has 1 saturated heterocycles. The van der Waals surface area contributed by atoms with Crippen molar-refractivity contribution in [3.05, 3.63) is 102 Å². The highest BCUT2D eigenvalue weighted by Crippen LogP contribution is 2.49. The number of nitrogens with zero attached hydrogens (tertiary/aromatic N) is 1. The molecule has 0 bridgehead atoms. The number of amides is 1. The summed E-state index contributed by atoms with van der Waals surface area (Å²) in [6.45, 7) is 14.0. The fourth-order valence-electron chi connectivity index (χ4n) is 6.78. The second-order valence-corrected chi connectivity index (χ2v) is 14.1. The summed E-state index contributed by atoms with van der Waals surface area (Å²) in [6.07, 6.45) is 0.758. The third-order valence-electron chi connectivity index (χ3n) is 10.2. The number of rotatable bonds is 12. The Morgan fingerprint density at radius 3 is 2.02 bits per heavy atom. The number of benzene rings is 3. The normalized spacial score (nSPS) is 17.1.